The molecule has 0 bridgehead atoms. The fraction of sp³-hybridized carbons (Fsp3) is 0.118. The summed E-state index contributed by atoms with van der Waals surface area (Å²) >= 11 is 0. The number of hydrogen-bond donors (Lipinski definition) is 2. The van der Waals surface area contributed by atoms with Crippen LogP contribution in [0.3, 0.4) is 0 Å². The lowest BCUT2D eigenvalue weighted by atomic mass is 10.0. The fourth-order valence-electron chi connectivity index (χ4n) is 1.93. The van der Waals surface area contributed by atoms with Crippen LogP contribution in [0, 0.1) is 5.82 Å². The number of Topliss-reactive ketones (excluding diaryl/α,β-unsaturated/α-hetero) is 1. The molecule has 2 rings (SSSR count). The zero-order chi connectivity index (χ0) is 17.5. The molecule has 0 heterocycles. The number of ketones is 1. The first-order chi connectivity index (χ1) is 11.5. The Hall–Kier alpha value is -3.06. The molecule has 24 heavy (non-hydrogen) atoms. The number of methoxy groups -OCH3 is 1. The number of hydrazine groups is 1. The largest absolute Gasteiger partial charge is 0.467 e. The molecule has 1 atom stereocenters. The molecule has 0 aliphatic heterocycles. The van der Waals surface area contributed by atoms with Gasteiger partial charge in [-0.15, -0.1) is 0 Å². The molecule has 0 spiro atoms. The van der Waals surface area contributed by atoms with Gasteiger partial charge in [-0.1, -0.05) is 18.2 Å². The second kappa shape index (κ2) is 7.98. The molecule has 1 amide bonds. The van der Waals surface area contributed by atoms with Crippen molar-refractivity contribution in [3.8, 4) is 0 Å². The van der Waals surface area contributed by atoms with E-state index in [9.17, 15) is 18.8 Å². The SMILES string of the molecule is COC(=O)C(NNC(=O)c1ccccc1)C(=O)c1ccc(F)cc1. The van der Waals surface area contributed by atoms with E-state index in [0.29, 0.717) is 5.56 Å². The highest BCUT2D eigenvalue weighted by Crippen LogP contribution is 2.07. The van der Waals surface area contributed by atoms with Crippen molar-refractivity contribution in [2.45, 2.75) is 6.04 Å². The monoisotopic (exact) mass is 330 g/mol. The minimum Gasteiger partial charge on any atom is -0.467 e. The Labute approximate surface area is 137 Å². The summed E-state index contributed by atoms with van der Waals surface area (Å²) in [6, 6.07) is 11.5. The number of carbonyl (C=O) groups excluding carboxylic acids is 3. The summed E-state index contributed by atoms with van der Waals surface area (Å²) in [4.78, 5) is 36.2. The highest BCUT2D eigenvalue weighted by atomic mass is 19.1. The van der Waals surface area contributed by atoms with E-state index in [1.54, 1.807) is 30.3 Å². The topological polar surface area (TPSA) is 84.5 Å². The Balaban J connectivity index is 2.11. The number of esters is 1. The second-order valence-corrected chi connectivity index (χ2v) is 4.79. The van der Waals surface area contributed by atoms with E-state index in [1.807, 2.05) is 0 Å². The average Bonchev–Trinajstić information content (AvgIpc) is 2.62. The molecule has 0 aromatic heterocycles. The molecule has 0 saturated carbocycles. The molecule has 2 aromatic rings. The highest BCUT2D eigenvalue weighted by Gasteiger charge is 2.29. The van der Waals surface area contributed by atoms with Crippen molar-refractivity contribution in [3.05, 3.63) is 71.5 Å². The summed E-state index contributed by atoms with van der Waals surface area (Å²) < 4.78 is 17.5. The first-order valence-corrected chi connectivity index (χ1v) is 7.01. The minimum absolute atomic E-state index is 0.105. The van der Waals surface area contributed by atoms with Crippen molar-refractivity contribution in [2.24, 2.45) is 0 Å². The van der Waals surface area contributed by atoms with Crippen molar-refractivity contribution in [1.82, 2.24) is 10.9 Å². The number of benzene rings is 2. The third-order valence-electron chi connectivity index (χ3n) is 3.19. The van der Waals surface area contributed by atoms with Crippen LogP contribution in [0.5, 0.6) is 0 Å². The molecule has 0 aliphatic carbocycles. The first kappa shape index (κ1) is 17.3. The molecule has 2 N–H and O–H groups in total. The summed E-state index contributed by atoms with van der Waals surface area (Å²) in [6.07, 6.45) is 0. The van der Waals surface area contributed by atoms with Crippen molar-refractivity contribution < 1.29 is 23.5 Å². The lowest BCUT2D eigenvalue weighted by Gasteiger charge is -2.16. The van der Waals surface area contributed by atoms with Gasteiger partial charge in [0.15, 0.2) is 11.8 Å². The number of ether oxygens (including phenoxy) is 1. The number of amides is 1. The Morgan fingerprint density at radius 3 is 2.17 bits per heavy atom. The molecule has 0 fully saturated rings. The maximum Gasteiger partial charge on any atom is 0.332 e. The summed E-state index contributed by atoms with van der Waals surface area (Å²) in [7, 11) is 1.12. The second-order valence-electron chi connectivity index (χ2n) is 4.79. The Morgan fingerprint density at radius 2 is 1.58 bits per heavy atom. The molecule has 2 aromatic carbocycles. The van der Waals surface area contributed by atoms with E-state index in [0.717, 1.165) is 19.2 Å². The standard InChI is InChI=1S/C17H15FN2O4/c1-24-17(23)14(15(21)11-7-9-13(18)10-8-11)19-20-16(22)12-5-3-2-4-6-12/h2-10,14,19H,1H3,(H,20,22). The number of carbonyl (C=O) groups is 3. The van der Waals surface area contributed by atoms with Crippen molar-refractivity contribution >= 4 is 17.7 Å². The van der Waals surface area contributed by atoms with Gasteiger partial charge in [-0.3, -0.25) is 15.0 Å². The van der Waals surface area contributed by atoms with Gasteiger partial charge >= 0.3 is 5.97 Å². The molecule has 0 radical (unpaired) electrons. The third kappa shape index (κ3) is 4.23. The molecule has 0 aliphatic rings. The van der Waals surface area contributed by atoms with E-state index in [1.165, 1.54) is 12.1 Å². The van der Waals surface area contributed by atoms with Gasteiger partial charge in [-0.05, 0) is 36.4 Å². The number of hydrogen-bond acceptors (Lipinski definition) is 5. The zero-order valence-corrected chi connectivity index (χ0v) is 12.8. The van der Waals surface area contributed by atoms with E-state index in [2.05, 4.69) is 15.6 Å². The van der Waals surface area contributed by atoms with Gasteiger partial charge in [0.1, 0.15) is 5.82 Å². The fourth-order valence-corrected chi connectivity index (χ4v) is 1.93. The number of halogens is 1. The van der Waals surface area contributed by atoms with Crippen molar-refractivity contribution in [2.75, 3.05) is 7.11 Å². The van der Waals surface area contributed by atoms with Gasteiger partial charge in [-0.25, -0.2) is 14.6 Å². The van der Waals surface area contributed by atoms with Crippen LogP contribution in [0.2, 0.25) is 0 Å². The van der Waals surface area contributed by atoms with Gasteiger partial charge in [0.25, 0.3) is 5.91 Å². The number of rotatable bonds is 6. The van der Waals surface area contributed by atoms with E-state index < -0.39 is 29.5 Å². The average molecular weight is 330 g/mol. The summed E-state index contributed by atoms with van der Waals surface area (Å²) in [5.41, 5.74) is 5.11. The smallest absolute Gasteiger partial charge is 0.332 e. The zero-order valence-electron chi connectivity index (χ0n) is 12.8. The van der Waals surface area contributed by atoms with Crippen LogP contribution in [0.4, 0.5) is 4.39 Å². The van der Waals surface area contributed by atoms with Gasteiger partial charge in [-0.2, -0.15) is 0 Å². The van der Waals surface area contributed by atoms with E-state index in [-0.39, 0.29) is 5.56 Å². The third-order valence-corrected chi connectivity index (χ3v) is 3.19. The van der Waals surface area contributed by atoms with Crippen LogP contribution in [-0.2, 0) is 9.53 Å². The van der Waals surface area contributed by atoms with Crippen LogP contribution in [0.1, 0.15) is 20.7 Å². The lowest BCUT2D eigenvalue weighted by molar-refractivity contribution is -0.141. The van der Waals surface area contributed by atoms with Crippen LogP contribution in [0.25, 0.3) is 0 Å². The predicted octanol–water partition coefficient (Wildman–Crippen LogP) is 1.48. The Morgan fingerprint density at radius 1 is 0.958 bits per heavy atom. The Bertz CT molecular complexity index is 732. The first-order valence-electron chi connectivity index (χ1n) is 7.01. The lowest BCUT2D eigenvalue weighted by Crippen LogP contribution is -2.52. The maximum absolute atomic E-state index is 12.9. The normalized spacial score (nSPS) is 11.4. The summed E-state index contributed by atoms with van der Waals surface area (Å²) in [6.45, 7) is 0. The van der Waals surface area contributed by atoms with E-state index >= 15 is 0 Å². The highest BCUT2D eigenvalue weighted by molar-refractivity contribution is 6.12. The number of nitrogens with one attached hydrogen (secondary N) is 2. The molecule has 6 nitrogen and oxygen atoms in total. The van der Waals surface area contributed by atoms with Crippen LogP contribution < -0.4 is 10.9 Å². The summed E-state index contributed by atoms with van der Waals surface area (Å²) in [5, 5.41) is 0. The molecule has 0 saturated heterocycles. The maximum atomic E-state index is 12.9. The van der Waals surface area contributed by atoms with Crippen molar-refractivity contribution in [1.29, 1.82) is 0 Å². The van der Waals surface area contributed by atoms with E-state index in [4.69, 9.17) is 0 Å². The molecule has 1 unspecified atom stereocenters. The quantitative estimate of drug-likeness (QED) is 0.363. The van der Waals surface area contributed by atoms with Gasteiger partial charge in [0.05, 0.1) is 7.11 Å². The molecular formula is C17H15FN2O4. The minimum atomic E-state index is -1.45. The summed E-state index contributed by atoms with van der Waals surface area (Å²) in [5.74, 6) is -2.56. The van der Waals surface area contributed by atoms with Crippen molar-refractivity contribution in [3.63, 3.8) is 0 Å². The Kier molecular flexibility index (Phi) is 5.75. The molecule has 7 heteroatoms. The molecular weight excluding hydrogens is 315 g/mol. The van der Waals surface area contributed by atoms with Crippen LogP contribution in [-0.4, -0.2) is 30.8 Å². The van der Waals surface area contributed by atoms with Gasteiger partial charge in [0.2, 0.25) is 0 Å². The van der Waals surface area contributed by atoms with Crippen LogP contribution >= 0.6 is 0 Å². The van der Waals surface area contributed by atoms with Gasteiger partial charge in [0, 0.05) is 11.1 Å². The molecule has 124 valence electrons. The predicted molar refractivity (Wildman–Crippen MR) is 83.6 cm³/mol. The van der Waals surface area contributed by atoms with Crippen LogP contribution in [0.15, 0.2) is 54.6 Å². The van der Waals surface area contributed by atoms with Gasteiger partial charge < -0.3 is 4.74 Å².